The molecule has 6 nitrogen and oxygen atoms in total. The van der Waals surface area contributed by atoms with Crippen LogP contribution in [0.15, 0.2) is 71.2 Å². The molecule has 0 radical (unpaired) electrons. The third-order valence-electron chi connectivity index (χ3n) is 4.77. The number of carbonyl (C=O) groups excluding carboxylic acids is 1. The van der Waals surface area contributed by atoms with Gasteiger partial charge in [-0.3, -0.25) is 14.9 Å². The van der Waals surface area contributed by atoms with Gasteiger partial charge in [-0.1, -0.05) is 45.7 Å². The summed E-state index contributed by atoms with van der Waals surface area (Å²) in [6.07, 6.45) is 0. The number of anilines is 1. The molecule has 8 heteroatoms. The molecule has 0 bridgehead atoms. The van der Waals surface area contributed by atoms with E-state index in [4.69, 9.17) is 16.6 Å². The molecule has 0 fully saturated rings. The zero-order valence-corrected chi connectivity index (χ0v) is 18.6. The Morgan fingerprint density at radius 1 is 1.10 bits per heavy atom. The highest BCUT2D eigenvalue weighted by atomic mass is 79.9. The summed E-state index contributed by atoms with van der Waals surface area (Å²) in [6, 6.07) is 18.5. The van der Waals surface area contributed by atoms with E-state index in [0.717, 1.165) is 15.6 Å². The molecule has 0 saturated heterocycles. The summed E-state index contributed by atoms with van der Waals surface area (Å²) in [4.78, 5) is 28.5. The van der Waals surface area contributed by atoms with Gasteiger partial charge in [0.05, 0.1) is 21.7 Å². The van der Waals surface area contributed by atoms with Crippen molar-refractivity contribution in [3.63, 3.8) is 0 Å². The maximum atomic E-state index is 13.2. The molecule has 154 valence electrons. The van der Waals surface area contributed by atoms with E-state index in [1.165, 1.54) is 18.2 Å². The molecule has 0 unspecified atom stereocenters. The van der Waals surface area contributed by atoms with Gasteiger partial charge < -0.3 is 5.32 Å². The molecule has 0 atom stereocenters. The lowest BCUT2D eigenvalue weighted by Crippen LogP contribution is -2.13. The molecule has 4 rings (SSSR count). The molecule has 1 N–H and O–H groups in total. The molecule has 1 amide bonds. The van der Waals surface area contributed by atoms with Crippen molar-refractivity contribution in [2.75, 3.05) is 5.32 Å². The van der Waals surface area contributed by atoms with Crippen LogP contribution in [0.1, 0.15) is 15.9 Å². The third kappa shape index (κ3) is 4.42. The number of halogens is 2. The Hall–Kier alpha value is -3.29. The zero-order chi connectivity index (χ0) is 22.1. The number of non-ortho nitro benzene ring substituents is 1. The van der Waals surface area contributed by atoms with Crippen molar-refractivity contribution in [1.29, 1.82) is 0 Å². The first-order valence-corrected chi connectivity index (χ1v) is 10.4. The van der Waals surface area contributed by atoms with Crippen molar-refractivity contribution in [2.45, 2.75) is 6.92 Å². The van der Waals surface area contributed by atoms with Crippen LogP contribution in [0.2, 0.25) is 5.02 Å². The Kier molecular flexibility index (Phi) is 5.71. The van der Waals surface area contributed by atoms with Crippen LogP contribution < -0.4 is 5.32 Å². The summed E-state index contributed by atoms with van der Waals surface area (Å²) in [7, 11) is 0. The van der Waals surface area contributed by atoms with Gasteiger partial charge in [0, 0.05) is 38.3 Å². The van der Waals surface area contributed by atoms with Crippen molar-refractivity contribution in [3.05, 3.63) is 97.5 Å². The average molecular weight is 497 g/mol. The van der Waals surface area contributed by atoms with Crippen LogP contribution in [0.25, 0.3) is 22.2 Å². The largest absolute Gasteiger partial charge is 0.322 e. The summed E-state index contributed by atoms with van der Waals surface area (Å²) in [5, 5.41) is 15.1. The number of hydrogen-bond donors (Lipinski definition) is 1. The molecule has 0 spiro atoms. The number of nitrogens with zero attached hydrogens (tertiary/aromatic N) is 2. The molecule has 1 aromatic heterocycles. The predicted molar refractivity (Wildman–Crippen MR) is 126 cm³/mol. The van der Waals surface area contributed by atoms with Gasteiger partial charge in [0.1, 0.15) is 0 Å². The number of nitrogens with one attached hydrogen (secondary N) is 1. The second-order valence-electron chi connectivity index (χ2n) is 6.94. The Bertz CT molecular complexity index is 1340. The number of amides is 1. The van der Waals surface area contributed by atoms with Gasteiger partial charge in [0.2, 0.25) is 0 Å². The van der Waals surface area contributed by atoms with E-state index in [-0.39, 0.29) is 11.6 Å². The number of pyridine rings is 1. The number of nitro groups is 1. The Balaban J connectivity index is 1.85. The second-order valence-corrected chi connectivity index (χ2v) is 8.29. The van der Waals surface area contributed by atoms with E-state index in [9.17, 15) is 14.9 Å². The maximum Gasteiger partial charge on any atom is 0.271 e. The van der Waals surface area contributed by atoms with E-state index < -0.39 is 4.92 Å². The van der Waals surface area contributed by atoms with Gasteiger partial charge >= 0.3 is 0 Å². The van der Waals surface area contributed by atoms with E-state index >= 15 is 0 Å². The second kappa shape index (κ2) is 8.45. The summed E-state index contributed by atoms with van der Waals surface area (Å²) in [6.45, 7) is 1.92. The molecule has 4 aromatic rings. The maximum absolute atomic E-state index is 13.2. The van der Waals surface area contributed by atoms with E-state index in [2.05, 4.69) is 21.2 Å². The van der Waals surface area contributed by atoms with Crippen LogP contribution >= 0.6 is 27.5 Å². The first kappa shape index (κ1) is 21.0. The van der Waals surface area contributed by atoms with Gasteiger partial charge in [-0.15, -0.1) is 0 Å². The Morgan fingerprint density at radius 3 is 2.55 bits per heavy atom. The van der Waals surface area contributed by atoms with Crippen LogP contribution in [-0.2, 0) is 0 Å². The van der Waals surface area contributed by atoms with Crippen LogP contribution in [0.3, 0.4) is 0 Å². The highest BCUT2D eigenvalue weighted by Crippen LogP contribution is 2.31. The van der Waals surface area contributed by atoms with Crippen LogP contribution in [0.4, 0.5) is 11.4 Å². The Morgan fingerprint density at radius 2 is 1.84 bits per heavy atom. The van der Waals surface area contributed by atoms with Crippen molar-refractivity contribution in [2.24, 2.45) is 0 Å². The Labute approximate surface area is 191 Å². The van der Waals surface area contributed by atoms with Crippen molar-refractivity contribution in [3.8, 4) is 11.3 Å². The smallest absolute Gasteiger partial charge is 0.271 e. The standard InChI is InChI=1S/C23H15BrClN3O3/c1-13-9-15(24)10-19-20(23(29)26-17-3-2-4-18(11-17)28(30)31)12-21(27-22(13)19)14-5-7-16(25)8-6-14/h2-12H,1H3,(H,26,29). The summed E-state index contributed by atoms with van der Waals surface area (Å²) < 4.78 is 0.822. The first-order valence-electron chi connectivity index (χ1n) is 9.24. The lowest BCUT2D eigenvalue weighted by Gasteiger charge is -2.13. The number of rotatable bonds is 4. The minimum atomic E-state index is -0.503. The fourth-order valence-corrected chi connectivity index (χ4v) is 4.01. The lowest BCUT2D eigenvalue weighted by molar-refractivity contribution is -0.384. The topological polar surface area (TPSA) is 85.1 Å². The van der Waals surface area contributed by atoms with Gasteiger partial charge in [0.25, 0.3) is 11.6 Å². The molecule has 0 aliphatic heterocycles. The monoisotopic (exact) mass is 495 g/mol. The van der Waals surface area contributed by atoms with Crippen LogP contribution in [0.5, 0.6) is 0 Å². The predicted octanol–water partition coefficient (Wildman–Crippen LogP) is 6.79. The van der Waals surface area contributed by atoms with Gasteiger partial charge in [-0.25, -0.2) is 4.98 Å². The number of hydrogen-bond acceptors (Lipinski definition) is 4. The quantitative estimate of drug-likeness (QED) is 0.249. The number of carbonyl (C=O) groups is 1. The fourth-order valence-electron chi connectivity index (χ4n) is 3.31. The molecular formula is C23H15BrClN3O3. The third-order valence-corrected chi connectivity index (χ3v) is 5.48. The zero-order valence-electron chi connectivity index (χ0n) is 16.2. The summed E-state index contributed by atoms with van der Waals surface area (Å²) in [5.74, 6) is -0.388. The molecule has 0 aliphatic rings. The molecule has 31 heavy (non-hydrogen) atoms. The molecule has 3 aromatic carbocycles. The van der Waals surface area contributed by atoms with Gasteiger partial charge in [-0.2, -0.15) is 0 Å². The van der Waals surface area contributed by atoms with Crippen LogP contribution in [-0.4, -0.2) is 15.8 Å². The minimum absolute atomic E-state index is 0.0992. The van der Waals surface area contributed by atoms with Gasteiger partial charge in [0.15, 0.2) is 0 Å². The number of fused-ring (bicyclic) bond motifs is 1. The molecular weight excluding hydrogens is 482 g/mol. The number of benzene rings is 3. The highest BCUT2D eigenvalue weighted by Gasteiger charge is 2.17. The summed E-state index contributed by atoms with van der Waals surface area (Å²) >= 11 is 9.49. The van der Waals surface area contributed by atoms with E-state index in [0.29, 0.717) is 32.9 Å². The molecule has 0 saturated carbocycles. The first-order chi connectivity index (χ1) is 14.8. The van der Waals surface area contributed by atoms with E-state index in [1.807, 2.05) is 31.2 Å². The number of nitro benzene ring substituents is 1. The van der Waals surface area contributed by atoms with Gasteiger partial charge in [-0.05, 0) is 48.9 Å². The fraction of sp³-hybridized carbons (Fsp3) is 0.0435. The van der Waals surface area contributed by atoms with Crippen molar-refractivity contribution < 1.29 is 9.72 Å². The number of aromatic nitrogens is 1. The SMILES string of the molecule is Cc1cc(Br)cc2c(C(=O)Nc3cccc([N+](=O)[O-])c3)cc(-c3ccc(Cl)cc3)nc12. The summed E-state index contributed by atoms with van der Waals surface area (Å²) in [5.41, 5.74) is 3.69. The molecule has 0 aliphatic carbocycles. The van der Waals surface area contributed by atoms with Crippen molar-refractivity contribution in [1.82, 2.24) is 4.98 Å². The highest BCUT2D eigenvalue weighted by molar-refractivity contribution is 9.10. The van der Waals surface area contributed by atoms with Crippen molar-refractivity contribution >= 4 is 55.7 Å². The molecule has 1 heterocycles. The van der Waals surface area contributed by atoms with Crippen LogP contribution in [0, 0.1) is 17.0 Å². The van der Waals surface area contributed by atoms with E-state index in [1.54, 1.807) is 24.3 Å². The number of aryl methyl sites for hydroxylation is 1. The lowest BCUT2D eigenvalue weighted by atomic mass is 10.0. The minimum Gasteiger partial charge on any atom is -0.322 e. The normalized spacial score (nSPS) is 10.8. The average Bonchev–Trinajstić information content (AvgIpc) is 2.74.